The quantitative estimate of drug-likeness (QED) is 0.571. The number of nitrogens with one attached hydrogen (secondary N) is 2. The normalized spacial score (nSPS) is 14.1. The Bertz CT molecular complexity index is 1010. The number of ether oxygens (including phenoxy) is 1. The van der Waals surface area contributed by atoms with Crippen molar-refractivity contribution in [2.75, 3.05) is 5.32 Å². The first kappa shape index (κ1) is 21.0. The van der Waals surface area contributed by atoms with Gasteiger partial charge in [0.1, 0.15) is 12.4 Å². The molecule has 1 aliphatic carbocycles. The highest BCUT2D eigenvalue weighted by molar-refractivity contribution is 7.13. The number of nitrogens with zero attached hydrogens (tertiary/aromatic N) is 2. The van der Waals surface area contributed by atoms with Crippen molar-refractivity contribution >= 4 is 28.8 Å². The van der Waals surface area contributed by atoms with Crippen LogP contribution in [0.2, 0.25) is 0 Å². The van der Waals surface area contributed by atoms with Gasteiger partial charge in [0.05, 0.1) is 0 Å². The fourth-order valence-corrected chi connectivity index (χ4v) is 4.12. The predicted molar refractivity (Wildman–Crippen MR) is 119 cm³/mol. The number of para-hydroxylation sites is 1. The molecule has 4 rings (SSSR count). The van der Waals surface area contributed by atoms with Gasteiger partial charge < -0.3 is 15.4 Å². The van der Waals surface area contributed by atoms with Crippen LogP contribution in [0.4, 0.5) is 5.69 Å². The summed E-state index contributed by atoms with van der Waals surface area (Å²) in [5.74, 6) is 0.316. The average Bonchev–Trinajstić information content (AvgIpc) is 3.29. The molecule has 1 fully saturated rings. The summed E-state index contributed by atoms with van der Waals surface area (Å²) in [4.78, 5) is 24.9. The van der Waals surface area contributed by atoms with Crippen LogP contribution >= 0.6 is 11.3 Å². The van der Waals surface area contributed by atoms with Crippen molar-refractivity contribution in [3.8, 4) is 5.75 Å². The summed E-state index contributed by atoms with van der Waals surface area (Å²) in [6.07, 6.45) is 5.67. The van der Waals surface area contributed by atoms with Crippen LogP contribution in [0.5, 0.6) is 5.75 Å². The maximum atomic E-state index is 12.5. The summed E-state index contributed by atoms with van der Waals surface area (Å²) in [7, 11) is 0. The molecule has 0 bridgehead atoms. The molecule has 0 spiro atoms. The Morgan fingerprint density at radius 3 is 2.42 bits per heavy atom. The molecule has 2 amide bonds. The first-order valence-electron chi connectivity index (χ1n) is 10.4. The van der Waals surface area contributed by atoms with Gasteiger partial charge in [-0.05, 0) is 49.2 Å². The third kappa shape index (κ3) is 5.88. The molecule has 31 heavy (non-hydrogen) atoms. The third-order valence-electron chi connectivity index (χ3n) is 5.11. The maximum Gasteiger partial charge on any atom is 0.286 e. The summed E-state index contributed by atoms with van der Waals surface area (Å²) in [5, 5.41) is 14.7. The van der Waals surface area contributed by atoms with Gasteiger partial charge in [0.15, 0.2) is 5.01 Å². The molecular weight excluding hydrogens is 412 g/mol. The lowest BCUT2D eigenvalue weighted by Crippen LogP contribution is -2.36. The zero-order valence-electron chi connectivity index (χ0n) is 17.0. The number of amides is 2. The Kier molecular flexibility index (Phi) is 6.89. The average molecular weight is 437 g/mol. The molecule has 3 aromatic rings. The van der Waals surface area contributed by atoms with Gasteiger partial charge in [-0.1, -0.05) is 48.8 Å². The Labute approximate surface area is 184 Å². The fraction of sp³-hybridized carbons (Fsp3) is 0.304. The molecule has 0 saturated heterocycles. The topological polar surface area (TPSA) is 93.2 Å². The summed E-state index contributed by atoms with van der Waals surface area (Å²) in [5.41, 5.74) is 1.18. The van der Waals surface area contributed by atoms with Gasteiger partial charge in [-0.3, -0.25) is 9.59 Å². The van der Waals surface area contributed by atoms with E-state index in [0.717, 1.165) is 18.6 Å². The predicted octanol–water partition coefficient (Wildman–Crippen LogP) is 4.43. The van der Waals surface area contributed by atoms with Gasteiger partial charge in [0.2, 0.25) is 5.01 Å². The van der Waals surface area contributed by atoms with Gasteiger partial charge in [-0.2, -0.15) is 0 Å². The minimum atomic E-state index is -0.345. The first-order valence-corrected chi connectivity index (χ1v) is 11.2. The van der Waals surface area contributed by atoms with Crippen molar-refractivity contribution in [3.63, 3.8) is 0 Å². The molecule has 7 nitrogen and oxygen atoms in total. The zero-order valence-corrected chi connectivity index (χ0v) is 17.9. The lowest BCUT2D eigenvalue weighted by atomic mass is 9.95. The highest BCUT2D eigenvalue weighted by atomic mass is 32.1. The monoisotopic (exact) mass is 436 g/mol. The van der Waals surface area contributed by atoms with Crippen LogP contribution in [0.1, 0.15) is 57.3 Å². The van der Waals surface area contributed by atoms with E-state index in [9.17, 15) is 9.59 Å². The van der Waals surface area contributed by atoms with E-state index >= 15 is 0 Å². The molecule has 1 heterocycles. The van der Waals surface area contributed by atoms with Crippen LogP contribution in [0, 0.1) is 0 Å². The SMILES string of the molecule is O=C(NC1CCCCC1)c1ccc(NC(=O)c2nnc(COc3ccccc3)s2)cc1. The van der Waals surface area contributed by atoms with Crippen LogP contribution in [0.3, 0.4) is 0 Å². The van der Waals surface area contributed by atoms with Crippen LogP contribution in [-0.4, -0.2) is 28.1 Å². The fourth-order valence-electron chi connectivity index (χ4n) is 3.47. The van der Waals surface area contributed by atoms with E-state index in [-0.39, 0.29) is 29.5 Å². The maximum absolute atomic E-state index is 12.5. The zero-order chi connectivity index (χ0) is 21.5. The number of carbonyl (C=O) groups excluding carboxylic acids is 2. The lowest BCUT2D eigenvalue weighted by Gasteiger charge is -2.22. The molecule has 0 unspecified atom stereocenters. The lowest BCUT2D eigenvalue weighted by molar-refractivity contribution is 0.0927. The molecule has 0 atom stereocenters. The molecule has 2 N–H and O–H groups in total. The Balaban J connectivity index is 1.29. The molecule has 2 aromatic carbocycles. The van der Waals surface area contributed by atoms with E-state index in [1.807, 2.05) is 30.3 Å². The van der Waals surface area contributed by atoms with Crippen molar-refractivity contribution in [1.29, 1.82) is 0 Å². The Morgan fingerprint density at radius 1 is 0.935 bits per heavy atom. The summed E-state index contributed by atoms with van der Waals surface area (Å²) < 4.78 is 5.63. The standard InChI is InChI=1S/C23H24N4O3S/c28-21(24-17-7-3-1-4-8-17)16-11-13-18(14-12-16)25-22(29)23-27-26-20(31-23)15-30-19-9-5-2-6-10-19/h2,5-6,9-14,17H,1,3-4,7-8,15H2,(H,24,28)(H,25,29). The Morgan fingerprint density at radius 2 is 1.68 bits per heavy atom. The van der Waals surface area contributed by atoms with E-state index in [1.165, 1.54) is 30.6 Å². The Hall–Kier alpha value is -3.26. The molecule has 0 aliphatic heterocycles. The number of carbonyl (C=O) groups is 2. The number of anilines is 1. The number of rotatable bonds is 7. The second-order valence-electron chi connectivity index (χ2n) is 7.44. The minimum absolute atomic E-state index is 0.0723. The van der Waals surface area contributed by atoms with E-state index in [2.05, 4.69) is 20.8 Å². The van der Waals surface area contributed by atoms with Crippen molar-refractivity contribution in [2.45, 2.75) is 44.8 Å². The van der Waals surface area contributed by atoms with E-state index in [1.54, 1.807) is 24.3 Å². The largest absolute Gasteiger partial charge is 0.486 e. The second-order valence-corrected chi connectivity index (χ2v) is 8.50. The third-order valence-corrected chi connectivity index (χ3v) is 6.01. The van der Waals surface area contributed by atoms with Crippen molar-refractivity contribution in [2.24, 2.45) is 0 Å². The van der Waals surface area contributed by atoms with Crippen LogP contribution < -0.4 is 15.4 Å². The number of benzene rings is 2. The van der Waals surface area contributed by atoms with Gasteiger partial charge >= 0.3 is 0 Å². The molecule has 8 heteroatoms. The van der Waals surface area contributed by atoms with E-state index in [4.69, 9.17) is 4.74 Å². The van der Waals surface area contributed by atoms with E-state index < -0.39 is 0 Å². The van der Waals surface area contributed by atoms with Gasteiger partial charge in [-0.25, -0.2) is 0 Å². The van der Waals surface area contributed by atoms with Crippen LogP contribution in [-0.2, 0) is 6.61 Å². The molecule has 1 saturated carbocycles. The summed E-state index contributed by atoms with van der Waals surface area (Å²) in [6.45, 7) is 0.250. The number of aromatic nitrogens is 2. The number of hydrogen-bond acceptors (Lipinski definition) is 6. The molecule has 1 aliphatic rings. The smallest absolute Gasteiger partial charge is 0.286 e. The van der Waals surface area contributed by atoms with Crippen molar-refractivity contribution in [1.82, 2.24) is 15.5 Å². The van der Waals surface area contributed by atoms with Gasteiger partial charge in [0, 0.05) is 17.3 Å². The van der Waals surface area contributed by atoms with Gasteiger partial charge in [-0.15, -0.1) is 10.2 Å². The molecular formula is C23H24N4O3S. The number of hydrogen-bond donors (Lipinski definition) is 2. The van der Waals surface area contributed by atoms with Crippen LogP contribution in [0.15, 0.2) is 54.6 Å². The second kappa shape index (κ2) is 10.2. The summed E-state index contributed by atoms with van der Waals surface area (Å²) in [6, 6.07) is 16.5. The molecule has 0 radical (unpaired) electrons. The highest BCUT2D eigenvalue weighted by Gasteiger charge is 2.17. The minimum Gasteiger partial charge on any atom is -0.486 e. The molecule has 160 valence electrons. The highest BCUT2D eigenvalue weighted by Crippen LogP contribution is 2.19. The van der Waals surface area contributed by atoms with Crippen LogP contribution in [0.25, 0.3) is 0 Å². The van der Waals surface area contributed by atoms with Crippen molar-refractivity contribution in [3.05, 3.63) is 70.2 Å². The van der Waals surface area contributed by atoms with Gasteiger partial charge in [0.25, 0.3) is 11.8 Å². The molecule has 1 aromatic heterocycles. The first-order chi connectivity index (χ1) is 15.2. The van der Waals surface area contributed by atoms with Crippen molar-refractivity contribution < 1.29 is 14.3 Å². The summed E-state index contributed by atoms with van der Waals surface area (Å²) >= 11 is 1.18. The van der Waals surface area contributed by atoms with E-state index in [0.29, 0.717) is 16.3 Å².